The molecule has 1 N–H and O–H groups in total. The number of carboxylic acids is 1. The number of halogens is 1. The number of hydrogen-bond donors (Lipinski definition) is 1. The lowest BCUT2D eigenvalue weighted by Gasteiger charge is -2.08. The molecule has 0 unspecified atom stereocenters. The van der Waals surface area contributed by atoms with Gasteiger partial charge in [-0.05, 0) is 42.8 Å². The largest absolute Gasteiger partial charge is 0.497 e. The predicted molar refractivity (Wildman–Crippen MR) is 112 cm³/mol. The van der Waals surface area contributed by atoms with Crippen LogP contribution in [0.1, 0.15) is 20.9 Å². The van der Waals surface area contributed by atoms with Gasteiger partial charge in [-0.15, -0.1) is 11.3 Å². The van der Waals surface area contributed by atoms with Gasteiger partial charge >= 0.3 is 5.97 Å². The summed E-state index contributed by atoms with van der Waals surface area (Å²) in [6.45, 7) is 2.37. The molecule has 5 nitrogen and oxygen atoms in total. The first kappa shape index (κ1) is 18.5. The topological polar surface area (TPSA) is 64.4 Å². The van der Waals surface area contributed by atoms with Crippen LogP contribution in [0.4, 0.5) is 0 Å². The van der Waals surface area contributed by atoms with E-state index in [1.165, 1.54) is 11.3 Å². The Morgan fingerprint density at radius 2 is 2.11 bits per heavy atom. The molecule has 0 atom stereocenters. The quantitative estimate of drug-likeness (QED) is 0.471. The number of thiazole rings is 1. The maximum absolute atomic E-state index is 11.3. The van der Waals surface area contributed by atoms with E-state index in [1.807, 2.05) is 48.7 Å². The Kier molecular flexibility index (Phi) is 4.83. The second-order valence-electron chi connectivity index (χ2n) is 6.43. The molecule has 0 aliphatic heterocycles. The highest BCUT2D eigenvalue weighted by Crippen LogP contribution is 2.34. The highest BCUT2D eigenvalue weighted by molar-refractivity contribution is 7.17. The van der Waals surface area contributed by atoms with Gasteiger partial charge in [0.2, 0.25) is 0 Å². The van der Waals surface area contributed by atoms with Crippen molar-refractivity contribution in [2.75, 3.05) is 7.11 Å². The van der Waals surface area contributed by atoms with Crippen molar-refractivity contribution in [3.8, 4) is 16.3 Å². The van der Waals surface area contributed by atoms with Crippen molar-refractivity contribution in [1.29, 1.82) is 0 Å². The molecule has 2 heterocycles. The van der Waals surface area contributed by atoms with Crippen LogP contribution in [0.25, 0.3) is 21.5 Å². The number of rotatable bonds is 5. The average molecular weight is 413 g/mol. The molecule has 0 bridgehead atoms. The fraction of sp³-hybridized carbons (Fsp3) is 0.143. The van der Waals surface area contributed by atoms with Crippen LogP contribution in [0.15, 0.2) is 48.7 Å². The van der Waals surface area contributed by atoms with Crippen LogP contribution < -0.4 is 4.74 Å². The normalized spacial score (nSPS) is 11.1. The molecule has 28 heavy (non-hydrogen) atoms. The first-order valence-electron chi connectivity index (χ1n) is 8.58. The number of aryl methyl sites for hydroxylation is 1. The van der Waals surface area contributed by atoms with Crippen molar-refractivity contribution >= 4 is 39.8 Å². The van der Waals surface area contributed by atoms with Crippen LogP contribution in [-0.4, -0.2) is 27.7 Å². The molecular weight excluding hydrogens is 396 g/mol. The van der Waals surface area contributed by atoms with Crippen molar-refractivity contribution in [1.82, 2.24) is 9.55 Å². The van der Waals surface area contributed by atoms with Crippen LogP contribution in [0.5, 0.6) is 5.75 Å². The Hall–Kier alpha value is -2.83. The fourth-order valence-electron chi connectivity index (χ4n) is 3.20. The van der Waals surface area contributed by atoms with Crippen molar-refractivity contribution in [3.05, 3.63) is 69.8 Å². The molecule has 2 aromatic heterocycles. The second-order valence-corrected chi connectivity index (χ2v) is 7.83. The summed E-state index contributed by atoms with van der Waals surface area (Å²) in [6, 6.07) is 13.8. The molecule has 0 aliphatic carbocycles. The Morgan fingerprint density at radius 1 is 1.29 bits per heavy atom. The summed E-state index contributed by atoms with van der Waals surface area (Å²) in [6.07, 6.45) is 1.91. The van der Waals surface area contributed by atoms with Gasteiger partial charge in [0.15, 0.2) is 0 Å². The zero-order chi connectivity index (χ0) is 19.8. The van der Waals surface area contributed by atoms with E-state index in [0.717, 1.165) is 27.8 Å². The van der Waals surface area contributed by atoms with Crippen molar-refractivity contribution in [3.63, 3.8) is 0 Å². The van der Waals surface area contributed by atoms with Gasteiger partial charge in [-0.25, -0.2) is 9.78 Å². The molecule has 4 rings (SSSR count). The number of hydrogen-bond acceptors (Lipinski definition) is 4. The fourth-order valence-corrected chi connectivity index (χ4v) is 4.37. The maximum atomic E-state index is 11.3. The number of benzene rings is 2. The summed E-state index contributed by atoms with van der Waals surface area (Å²) < 4.78 is 7.38. The minimum Gasteiger partial charge on any atom is -0.497 e. The lowest BCUT2D eigenvalue weighted by Crippen LogP contribution is -1.98. The molecule has 0 radical (unpaired) electrons. The van der Waals surface area contributed by atoms with Gasteiger partial charge in [0.1, 0.15) is 15.6 Å². The van der Waals surface area contributed by atoms with Crippen LogP contribution in [-0.2, 0) is 6.54 Å². The van der Waals surface area contributed by atoms with Gasteiger partial charge in [0.05, 0.1) is 17.8 Å². The Bertz CT molecular complexity index is 1200. The first-order chi connectivity index (χ1) is 13.5. The zero-order valence-corrected chi connectivity index (χ0v) is 16.8. The number of aromatic carboxylic acids is 1. The molecule has 142 valence electrons. The van der Waals surface area contributed by atoms with Crippen molar-refractivity contribution in [2.24, 2.45) is 0 Å². The molecule has 0 saturated heterocycles. The molecule has 2 aromatic carbocycles. The van der Waals surface area contributed by atoms with E-state index >= 15 is 0 Å². The number of carboxylic acid groups (broad SMARTS) is 1. The standard InChI is InChI=1S/C21H17ClN2O3S/c1-12-19(21(25)26)28-20(23-12)14-6-7-18-16(9-14)17(22)11-24(18)10-13-4-3-5-15(8-13)27-2/h3-9,11H,10H2,1-2H3,(H,25,26). The number of nitrogens with zero attached hydrogens (tertiary/aromatic N) is 2. The summed E-state index contributed by atoms with van der Waals surface area (Å²) in [5, 5.41) is 11.5. The summed E-state index contributed by atoms with van der Waals surface area (Å²) in [5.41, 5.74) is 3.49. The van der Waals surface area contributed by atoms with E-state index in [2.05, 4.69) is 9.55 Å². The van der Waals surface area contributed by atoms with Gasteiger partial charge in [0.25, 0.3) is 0 Å². The highest BCUT2D eigenvalue weighted by Gasteiger charge is 2.16. The smallest absolute Gasteiger partial charge is 0.347 e. The molecular formula is C21H17ClN2O3S. The first-order valence-corrected chi connectivity index (χ1v) is 9.78. The van der Waals surface area contributed by atoms with Gasteiger partial charge in [-0.3, -0.25) is 0 Å². The van der Waals surface area contributed by atoms with Crippen LogP contribution >= 0.6 is 22.9 Å². The monoisotopic (exact) mass is 412 g/mol. The maximum Gasteiger partial charge on any atom is 0.347 e. The zero-order valence-electron chi connectivity index (χ0n) is 15.3. The highest BCUT2D eigenvalue weighted by atomic mass is 35.5. The Labute approximate surface area is 170 Å². The third-order valence-corrected chi connectivity index (χ3v) is 6.05. The summed E-state index contributed by atoms with van der Waals surface area (Å²) in [4.78, 5) is 16.0. The Balaban J connectivity index is 1.72. The average Bonchev–Trinajstić information content (AvgIpc) is 3.22. The molecule has 0 aliphatic rings. The SMILES string of the molecule is COc1cccc(Cn2cc(Cl)c3cc(-c4nc(C)c(C(=O)O)s4)ccc32)c1. The Morgan fingerprint density at radius 3 is 2.82 bits per heavy atom. The molecule has 4 aromatic rings. The van der Waals surface area contributed by atoms with E-state index in [0.29, 0.717) is 22.3 Å². The molecule has 7 heteroatoms. The van der Waals surface area contributed by atoms with Crippen molar-refractivity contribution < 1.29 is 14.6 Å². The summed E-state index contributed by atoms with van der Waals surface area (Å²) in [7, 11) is 1.65. The molecule has 0 amide bonds. The third-order valence-electron chi connectivity index (χ3n) is 4.56. The number of ether oxygens (including phenoxy) is 1. The molecule has 0 fully saturated rings. The van der Waals surface area contributed by atoms with Crippen LogP contribution in [0.3, 0.4) is 0 Å². The molecule has 0 saturated carbocycles. The van der Waals surface area contributed by atoms with Crippen LogP contribution in [0, 0.1) is 6.92 Å². The second kappa shape index (κ2) is 7.30. The number of fused-ring (bicyclic) bond motifs is 1. The number of carbonyl (C=O) groups is 1. The third kappa shape index (κ3) is 3.37. The lowest BCUT2D eigenvalue weighted by atomic mass is 10.1. The van der Waals surface area contributed by atoms with E-state index in [4.69, 9.17) is 16.3 Å². The minimum absolute atomic E-state index is 0.261. The number of methoxy groups -OCH3 is 1. The molecule has 0 spiro atoms. The predicted octanol–water partition coefficient (Wildman–Crippen LogP) is 5.48. The van der Waals surface area contributed by atoms with Gasteiger partial charge in [0, 0.05) is 29.2 Å². The minimum atomic E-state index is -0.954. The van der Waals surface area contributed by atoms with Crippen molar-refractivity contribution in [2.45, 2.75) is 13.5 Å². The van der Waals surface area contributed by atoms with E-state index < -0.39 is 5.97 Å². The van der Waals surface area contributed by atoms with E-state index in [1.54, 1.807) is 14.0 Å². The van der Waals surface area contributed by atoms with Crippen LogP contribution in [0.2, 0.25) is 5.02 Å². The summed E-state index contributed by atoms with van der Waals surface area (Å²) in [5.74, 6) is -0.138. The lowest BCUT2D eigenvalue weighted by molar-refractivity contribution is 0.0701. The van der Waals surface area contributed by atoms with E-state index in [9.17, 15) is 9.90 Å². The van der Waals surface area contributed by atoms with Gasteiger partial charge in [-0.1, -0.05) is 23.7 Å². The number of aromatic nitrogens is 2. The van der Waals surface area contributed by atoms with Gasteiger partial charge in [-0.2, -0.15) is 0 Å². The summed E-state index contributed by atoms with van der Waals surface area (Å²) >= 11 is 7.67. The van der Waals surface area contributed by atoms with E-state index in [-0.39, 0.29) is 4.88 Å². The van der Waals surface area contributed by atoms with Gasteiger partial charge < -0.3 is 14.4 Å².